The third-order valence-corrected chi connectivity index (χ3v) is 5.05. The van der Waals surface area contributed by atoms with E-state index in [-0.39, 0.29) is 41.8 Å². The van der Waals surface area contributed by atoms with Gasteiger partial charge in [-0.25, -0.2) is 0 Å². The first-order valence-corrected chi connectivity index (χ1v) is 10.4. The molecule has 2 amide bonds. The molecular weight excluding hydrogens is 515 g/mol. The Kier molecular flexibility index (Phi) is 7.34. The van der Waals surface area contributed by atoms with Crippen LogP contribution in [0, 0.1) is 3.57 Å². The Bertz CT molecular complexity index is 1150. The lowest BCUT2D eigenvalue weighted by atomic mass is 10.2. The zero-order valence-electron chi connectivity index (χ0n) is 16.5. The van der Waals surface area contributed by atoms with Crippen LogP contribution in [0.1, 0.15) is 29.6 Å². The first-order chi connectivity index (χ1) is 14.9. The molecule has 31 heavy (non-hydrogen) atoms. The van der Waals surface area contributed by atoms with Crippen molar-refractivity contribution in [2.24, 2.45) is 10.2 Å². The number of carbonyl (C=O) groups is 3. The molecule has 0 aliphatic rings. The van der Waals surface area contributed by atoms with Gasteiger partial charge in [0.2, 0.25) is 11.8 Å². The Morgan fingerprint density at radius 3 is 2.58 bits per heavy atom. The monoisotopic (exact) mass is 534 g/mol. The van der Waals surface area contributed by atoms with Gasteiger partial charge in [0.15, 0.2) is 5.69 Å². The van der Waals surface area contributed by atoms with E-state index in [9.17, 15) is 19.5 Å². The molecule has 9 nitrogen and oxygen atoms in total. The van der Waals surface area contributed by atoms with Crippen LogP contribution in [-0.4, -0.2) is 35.0 Å². The summed E-state index contributed by atoms with van der Waals surface area (Å²) in [5.41, 5.74) is 1.67. The third kappa shape index (κ3) is 5.87. The second kappa shape index (κ2) is 10.2. The van der Waals surface area contributed by atoms with Crippen molar-refractivity contribution in [3.63, 3.8) is 0 Å². The molecule has 0 bridgehead atoms. The third-order valence-electron chi connectivity index (χ3n) is 4.38. The Morgan fingerprint density at radius 2 is 1.87 bits per heavy atom. The lowest BCUT2D eigenvalue weighted by Crippen LogP contribution is -2.12. The fraction of sp³-hybridized carbons (Fsp3) is 0.190. The van der Waals surface area contributed by atoms with Gasteiger partial charge in [0, 0.05) is 33.0 Å². The van der Waals surface area contributed by atoms with Gasteiger partial charge in [0.1, 0.15) is 0 Å². The number of aromatic nitrogens is 1. The van der Waals surface area contributed by atoms with Gasteiger partial charge in [-0.05, 0) is 71.5 Å². The molecule has 0 atom stereocenters. The summed E-state index contributed by atoms with van der Waals surface area (Å²) in [5.74, 6) is -1.36. The molecule has 0 spiro atoms. The van der Waals surface area contributed by atoms with Crippen molar-refractivity contribution < 1.29 is 24.2 Å². The van der Waals surface area contributed by atoms with Crippen molar-refractivity contribution in [2.45, 2.75) is 19.3 Å². The zero-order chi connectivity index (χ0) is 22.4. The van der Waals surface area contributed by atoms with E-state index in [4.69, 9.17) is 0 Å². The number of ether oxygens (including phenoxy) is 1. The van der Waals surface area contributed by atoms with Gasteiger partial charge in [0.25, 0.3) is 5.91 Å². The van der Waals surface area contributed by atoms with Gasteiger partial charge in [-0.1, -0.05) is 0 Å². The molecule has 0 saturated carbocycles. The fourth-order valence-electron chi connectivity index (χ4n) is 2.81. The SMILES string of the molecule is COC(=O)CCCC(=O)Nc1ccc(C(=O)N=Nc2c(O)[nH]c3ccc(I)cc23)cc1. The molecule has 0 unspecified atom stereocenters. The van der Waals surface area contributed by atoms with Crippen LogP contribution >= 0.6 is 22.6 Å². The highest BCUT2D eigenvalue weighted by Crippen LogP contribution is 2.36. The van der Waals surface area contributed by atoms with E-state index in [0.717, 1.165) is 3.57 Å². The van der Waals surface area contributed by atoms with Crippen molar-refractivity contribution >= 4 is 62.7 Å². The smallest absolute Gasteiger partial charge is 0.305 e. The zero-order valence-corrected chi connectivity index (χ0v) is 18.7. The quantitative estimate of drug-likeness (QED) is 0.230. The summed E-state index contributed by atoms with van der Waals surface area (Å²) < 4.78 is 5.48. The number of aromatic hydroxyl groups is 1. The van der Waals surface area contributed by atoms with E-state index in [1.54, 1.807) is 18.2 Å². The summed E-state index contributed by atoms with van der Waals surface area (Å²) in [6, 6.07) is 11.7. The summed E-state index contributed by atoms with van der Waals surface area (Å²) in [6.45, 7) is 0. The Hall–Kier alpha value is -3.28. The number of halogens is 1. The molecule has 3 rings (SSSR count). The molecule has 1 aromatic heterocycles. The van der Waals surface area contributed by atoms with Crippen molar-refractivity contribution in [1.82, 2.24) is 4.98 Å². The number of methoxy groups -OCH3 is 1. The lowest BCUT2D eigenvalue weighted by molar-refractivity contribution is -0.140. The minimum absolute atomic E-state index is 0.168. The lowest BCUT2D eigenvalue weighted by Gasteiger charge is -2.05. The van der Waals surface area contributed by atoms with Gasteiger partial charge in [-0.3, -0.25) is 14.4 Å². The van der Waals surface area contributed by atoms with Crippen molar-refractivity contribution in [3.05, 3.63) is 51.6 Å². The number of rotatable bonds is 7. The van der Waals surface area contributed by atoms with Gasteiger partial charge in [-0.15, -0.1) is 10.2 Å². The number of nitrogens with zero attached hydrogens (tertiary/aromatic N) is 2. The fourth-order valence-corrected chi connectivity index (χ4v) is 3.30. The van der Waals surface area contributed by atoms with Crippen molar-refractivity contribution in [2.75, 3.05) is 12.4 Å². The number of nitrogens with one attached hydrogen (secondary N) is 2. The first kappa shape index (κ1) is 22.4. The van der Waals surface area contributed by atoms with Gasteiger partial charge in [-0.2, -0.15) is 0 Å². The van der Waals surface area contributed by atoms with E-state index in [0.29, 0.717) is 23.0 Å². The van der Waals surface area contributed by atoms with E-state index >= 15 is 0 Å². The minimum atomic E-state index is -0.588. The predicted octanol–water partition coefficient (Wildman–Crippen LogP) is 4.68. The molecule has 160 valence electrons. The largest absolute Gasteiger partial charge is 0.493 e. The van der Waals surface area contributed by atoms with Crippen LogP contribution in [0.2, 0.25) is 0 Å². The van der Waals surface area contributed by atoms with Crippen LogP contribution in [0.4, 0.5) is 11.4 Å². The number of benzene rings is 2. The molecule has 2 aromatic carbocycles. The van der Waals surface area contributed by atoms with Crippen LogP contribution < -0.4 is 5.32 Å². The molecule has 0 fully saturated rings. The molecule has 10 heteroatoms. The number of aromatic amines is 1. The maximum atomic E-state index is 12.3. The van der Waals surface area contributed by atoms with Crippen LogP contribution in [0.15, 0.2) is 52.7 Å². The predicted molar refractivity (Wildman–Crippen MR) is 122 cm³/mol. The van der Waals surface area contributed by atoms with Gasteiger partial charge in [0.05, 0.1) is 12.6 Å². The highest BCUT2D eigenvalue weighted by molar-refractivity contribution is 14.1. The number of esters is 1. The first-order valence-electron chi connectivity index (χ1n) is 9.30. The van der Waals surface area contributed by atoms with Crippen molar-refractivity contribution in [1.29, 1.82) is 0 Å². The summed E-state index contributed by atoms with van der Waals surface area (Å²) in [7, 11) is 1.30. The topological polar surface area (TPSA) is 133 Å². The Morgan fingerprint density at radius 1 is 1.13 bits per heavy atom. The highest BCUT2D eigenvalue weighted by atomic mass is 127. The van der Waals surface area contributed by atoms with Crippen LogP contribution in [0.5, 0.6) is 5.88 Å². The molecule has 0 aliphatic heterocycles. The van der Waals surface area contributed by atoms with E-state index in [1.807, 2.05) is 12.1 Å². The number of hydrogen-bond donors (Lipinski definition) is 3. The molecule has 0 saturated heterocycles. The van der Waals surface area contributed by atoms with Crippen molar-refractivity contribution in [3.8, 4) is 5.88 Å². The van der Waals surface area contributed by atoms with Crippen LogP contribution in [0.3, 0.4) is 0 Å². The molecule has 0 radical (unpaired) electrons. The number of carbonyl (C=O) groups excluding carboxylic acids is 3. The normalized spacial score (nSPS) is 11.0. The average molecular weight is 534 g/mol. The van der Waals surface area contributed by atoms with Gasteiger partial charge >= 0.3 is 5.97 Å². The second-order valence-corrected chi connectivity index (χ2v) is 7.82. The second-order valence-electron chi connectivity index (χ2n) is 6.57. The number of H-pyrrole nitrogens is 1. The van der Waals surface area contributed by atoms with Gasteiger partial charge < -0.3 is 20.1 Å². The maximum absolute atomic E-state index is 12.3. The Labute approximate surface area is 191 Å². The van der Waals surface area contributed by atoms with Crippen LogP contribution in [0.25, 0.3) is 10.9 Å². The average Bonchev–Trinajstić information content (AvgIpc) is 3.06. The van der Waals surface area contributed by atoms with E-state index < -0.39 is 5.91 Å². The molecule has 0 aliphatic carbocycles. The van der Waals surface area contributed by atoms with E-state index in [2.05, 4.69) is 47.9 Å². The minimum Gasteiger partial charge on any atom is -0.493 e. The summed E-state index contributed by atoms with van der Waals surface area (Å²) in [5, 5.41) is 21.0. The molecule has 3 N–H and O–H groups in total. The number of fused-ring (bicyclic) bond motifs is 1. The number of amides is 2. The Balaban J connectivity index is 1.62. The number of azo groups is 1. The standard InChI is InChI=1S/C21H19IN4O5/c1-31-18(28)4-2-3-17(27)23-14-8-5-12(6-9-14)20(29)26-25-19-15-11-13(22)7-10-16(15)24-21(19)30/h5-11,24,30H,2-4H2,1H3,(H,23,27). The van der Waals surface area contributed by atoms with Crippen LogP contribution in [-0.2, 0) is 14.3 Å². The summed E-state index contributed by atoms with van der Waals surface area (Å²) in [6.07, 6.45) is 0.736. The summed E-state index contributed by atoms with van der Waals surface area (Å²) >= 11 is 2.14. The summed E-state index contributed by atoms with van der Waals surface area (Å²) in [4.78, 5) is 38.1. The van der Waals surface area contributed by atoms with E-state index in [1.165, 1.54) is 19.2 Å². The highest BCUT2D eigenvalue weighted by Gasteiger charge is 2.12. The molecular formula is C21H19IN4O5. The maximum Gasteiger partial charge on any atom is 0.305 e. The number of anilines is 1. The molecule has 1 heterocycles. The number of hydrogen-bond acceptors (Lipinski definition) is 6. The molecule has 3 aromatic rings.